The van der Waals surface area contributed by atoms with Crippen LogP contribution < -0.4 is 0 Å². The van der Waals surface area contributed by atoms with Gasteiger partial charge in [0, 0.05) is 27.4 Å². The molecule has 5 nitrogen and oxygen atoms in total. The molecule has 0 rings (SSSR count). The molecule has 0 saturated carbocycles. The SMILES string of the molecule is CCC[Si](OC)(OC)OC.N#CC#N. The van der Waals surface area contributed by atoms with E-state index in [1.807, 2.05) is 0 Å². The van der Waals surface area contributed by atoms with Crippen molar-refractivity contribution in [3.05, 3.63) is 0 Å². The summed E-state index contributed by atoms with van der Waals surface area (Å²) in [4.78, 5) is 0. The molecule has 0 bridgehead atoms. The lowest BCUT2D eigenvalue weighted by molar-refractivity contribution is 0.123. The topological polar surface area (TPSA) is 75.3 Å². The second-order valence-electron chi connectivity index (χ2n) is 2.27. The van der Waals surface area contributed by atoms with Gasteiger partial charge >= 0.3 is 8.80 Å². The Balaban J connectivity index is 0. The van der Waals surface area contributed by atoms with Gasteiger partial charge < -0.3 is 13.3 Å². The molecule has 0 radical (unpaired) electrons. The van der Waals surface area contributed by atoms with Crippen LogP contribution in [0.25, 0.3) is 0 Å². The number of hydrogen-bond acceptors (Lipinski definition) is 5. The normalized spacial score (nSPS) is 9.29. The predicted molar refractivity (Wildman–Crippen MR) is 53.1 cm³/mol. The first kappa shape index (κ1) is 15.5. The van der Waals surface area contributed by atoms with Crippen LogP contribution in [0.1, 0.15) is 13.3 Å². The molecule has 0 fully saturated rings. The molecule has 0 atom stereocenters. The van der Waals surface area contributed by atoms with Crippen LogP contribution in [0.4, 0.5) is 0 Å². The monoisotopic (exact) mass is 216 g/mol. The van der Waals surface area contributed by atoms with E-state index in [1.54, 1.807) is 21.3 Å². The van der Waals surface area contributed by atoms with Crippen LogP contribution in [-0.4, -0.2) is 30.1 Å². The van der Waals surface area contributed by atoms with Gasteiger partial charge in [-0.25, -0.2) is 0 Å². The zero-order chi connectivity index (χ0) is 11.4. The first-order chi connectivity index (χ1) is 6.66. The van der Waals surface area contributed by atoms with Crippen molar-refractivity contribution in [3.8, 4) is 12.1 Å². The standard InChI is InChI=1S/C6H16O3Si.C2N2/c1-5-6-10(7-2,8-3)9-4;3-1-2-4/h5-6H2,1-4H3;. The fraction of sp³-hybridized carbons (Fsp3) is 0.750. The minimum atomic E-state index is -2.22. The molecule has 14 heavy (non-hydrogen) atoms. The van der Waals surface area contributed by atoms with Crippen molar-refractivity contribution < 1.29 is 13.3 Å². The molecule has 0 unspecified atom stereocenters. The first-order valence-electron chi connectivity index (χ1n) is 4.09. The van der Waals surface area contributed by atoms with E-state index in [1.165, 1.54) is 12.1 Å². The Morgan fingerprint density at radius 1 is 1.00 bits per heavy atom. The summed E-state index contributed by atoms with van der Waals surface area (Å²) in [5.41, 5.74) is 0. The van der Waals surface area contributed by atoms with Crippen LogP contribution in [0.2, 0.25) is 6.04 Å². The molecular weight excluding hydrogens is 200 g/mol. The quantitative estimate of drug-likeness (QED) is 0.648. The molecule has 0 aromatic carbocycles. The Labute approximate surface area is 86.2 Å². The van der Waals surface area contributed by atoms with Crippen LogP contribution in [0.15, 0.2) is 0 Å². The largest absolute Gasteiger partial charge is 0.500 e. The highest BCUT2D eigenvalue weighted by Crippen LogP contribution is 2.13. The average Bonchev–Trinajstić information content (AvgIpc) is 2.26. The maximum atomic E-state index is 7.26. The van der Waals surface area contributed by atoms with Crippen LogP contribution in [0.5, 0.6) is 0 Å². The van der Waals surface area contributed by atoms with Crippen LogP contribution >= 0.6 is 0 Å². The summed E-state index contributed by atoms with van der Waals surface area (Å²) in [6.07, 6.45) is 1.03. The van der Waals surface area contributed by atoms with Crippen molar-refractivity contribution in [2.75, 3.05) is 21.3 Å². The predicted octanol–water partition coefficient (Wildman–Crippen LogP) is 1.31. The van der Waals surface area contributed by atoms with Crippen molar-refractivity contribution in [1.29, 1.82) is 10.5 Å². The van der Waals surface area contributed by atoms with Gasteiger partial charge in [-0.2, -0.15) is 10.5 Å². The number of hydrogen-bond donors (Lipinski definition) is 0. The Kier molecular flexibility index (Phi) is 11.3. The van der Waals surface area contributed by atoms with Crippen LogP contribution in [0.3, 0.4) is 0 Å². The number of nitriles is 2. The third-order valence-corrected chi connectivity index (χ3v) is 4.52. The van der Waals surface area contributed by atoms with Gasteiger partial charge in [-0.05, 0) is 0 Å². The average molecular weight is 216 g/mol. The lowest BCUT2D eigenvalue weighted by Crippen LogP contribution is -2.42. The van der Waals surface area contributed by atoms with E-state index in [0.29, 0.717) is 0 Å². The van der Waals surface area contributed by atoms with Gasteiger partial charge in [0.2, 0.25) is 0 Å². The zero-order valence-corrected chi connectivity index (χ0v) is 10.0. The fourth-order valence-electron chi connectivity index (χ4n) is 0.862. The van der Waals surface area contributed by atoms with Gasteiger partial charge in [-0.15, -0.1) is 0 Å². The highest BCUT2D eigenvalue weighted by Gasteiger charge is 2.36. The molecule has 0 spiro atoms. The third-order valence-electron chi connectivity index (χ3n) is 1.54. The number of nitrogens with zero attached hydrogens (tertiary/aromatic N) is 2. The molecule has 0 amide bonds. The van der Waals surface area contributed by atoms with E-state index in [4.69, 9.17) is 23.8 Å². The van der Waals surface area contributed by atoms with E-state index >= 15 is 0 Å². The fourth-order valence-corrected chi connectivity index (χ4v) is 2.59. The summed E-state index contributed by atoms with van der Waals surface area (Å²) in [7, 11) is 2.68. The summed E-state index contributed by atoms with van der Waals surface area (Å²) in [5, 5.41) is 14.5. The molecule has 80 valence electrons. The highest BCUT2D eigenvalue weighted by molar-refractivity contribution is 6.60. The maximum Gasteiger partial charge on any atom is 0.500 e. The lowest BCUT2D eigenvalue weighted by atomic mass is 10.6. The van der Waals surface area contributed by atoms with Gasteiger partial charge in [0.1, 0.15) is 0 Å². The van der Waals surface area contributed by atoms with Gasteiger partial charge in [0.15, 0.2) is 12.1 Å². The minimum Gasteiger partial charge on any atom is -0.377 e. The van der Waals surface area contributed by atoms with Crippen LogP contribution in [-0.2, 0) is 13.3 Å². The van der Waals surface area contributed by atoms with E-state index in [9.17, 15) is 0 Å². The number of rotatable bonds is 5. The minimum absolute atomic E-state index is 0.885. The van der Waals surface area contributed by atoms with Gasteiger partial charge in [0.05, 0.1) is 0 Å². The summed E-state index contributed by atoms with van der Waals surface area (Å²) < 4.78 is 15.5. The second-order valence-corrected chi connectivity index (χ2v) is 5.36. The van der Waals surface area contributed by atoms with E-state index in [0.717, 1.165) is 12.5 Å². The lowest BCUT2D eigenvalue weighted by Gasteiger charge is -2.23. The third kappa shape index (κ3) is 6.58. The molecule has 0 aliphatic rings. The van der Waals surface area contributed by atoms with Gasteiger partial charge in [-0.3, -0.25) is 0 Å². The van der Waals surface area contributed by atoms with Crippen molar-refractivity contribution in [1.82, 2.24) is 0 Å². The summed E-state index contributed by atoms with van der Waals surface area (Å²) in [6.45, 7) is 2.08. The molecule has 0 aromatic heterocycles. The van der Waals surface area contributed by atoms with Crippen molar-refractivity contribution in [2.24, 2.45) is 0 Å². The summed E-state index contributed by atoms with van der Waals surface area (Å²) in [6, 6.07) is 3.36. The summed E-state index contributed by atoms with van der Waals surface area (Å²) in [5.74, 6) is 0. The molecule has 0 aliphatic carbocycles. The molecule has 0 N–H and O–H groups in total. The zero-order valence-electron chi connectivity index (χ0n) is 9.03. The van der Waals surface area contributed by atoms with Crippen molar-refractivity contribution >= 4 is 8.80 Å². The van der Waals surface area contributed by atoms with E-state index in [2.05, 4.69) is 6.92 Å². The molecule has 0 aliphatic heterocycles. The summed E-state index contributed by atoms with van der Waals surface area (Å²) >= 11 is 0. The van der Waals surface area contributed by atoms with E-state index in [-0.39, 0.29) is 0 Å². The Hall–Kier alpha value is -0.923. The molecule has 6 heteroatoms. The Morgan fingerprint density at radius 3 is 1.43 bits per heavy atom. The van der Waals surface area contributed by atoms with Crippen molar-refractivity contribution in [3.63, 3.8) is 0 Å². The Bertz CT molecular complexity index is 185. The maximum absolute atomic E-state index is 7.26. The first-order valence-corrected chi connectivity index (χ1v) is 6.03. The van der Waals surface area contributed by atoms with Crippen molar-refractivity contribution in [2.45, 2.75) is 19.4 Å². The smallest absolute Gasteiger partial charge is 0.377 e. The molecule has 0 saturated heterocycles. The van der Waals surface area contributed by atoms with E-state index < -0.39 is 8.80 Å². The van der Waals surface area contributed by atoms with Gasteiger partial charge in [-0.1, -0.05) is 13.3 Å². The Morgan fingerprint density at radius 2 is 1.36 bits per heavy atom. The second kappa shape index (κ2) is 10.2. The molecule has 0 aromatic rings. The molecule has 0 heterocycles. The molecular formula is C8H16N2O3Si. The highest BCUT2D eigenvalue weighted by atomic mass is 28.4. The van der Waals surface area contributed by atoms with Crippen LogP contribution in [0, 0.1) is 22.7 Å². The van der Waals surface area contributed by atoms with Gasteiger partial charge in [0.25, 0.3) is 0 Å².